The maximum Gasteiger partial charge on any atom is 0.329 e. The molecule has 2 amide bonds. The van der Waals surface area contributed by atoms with Crippen LogP contribution in [0.15, 0.2) is 48.5 Å². The minimum absolute atomic E-state index is 0.216. The monoisotopic (exact) mass is 415 g/mol. The van der Waals surface area contributed by atoms with E-state index in [2.05, 4.69) is 10.6 Å². The lowest BCUT2D eigenvalue weighted by molar-refractivity contribution is -0.150. The second-order valence-electron chi connectivity index (χ2n) is 7.30. The molecule has 0 aliphatic carbocycles. The van der Waals surface area contributed by atoms with Gasteiger partial charge in [-0.05, 0) is 54.4 Å². The van der Waals surface area contributed by atoms with Crippen LogP contribution in [0.1, 0.15) is 24.2 Å². The summed E-state index contributed by atoms with van der Waals surface area (Å²) in [5.41, 5.74) is 1.77. The summed E-state index contributed by atoms with van der Waals surface area (Å²) in [5.74, 6) is -2.49. The first-order valence-corrected chi connectivity index (χ1v) is 9.47. The molecule has 2 aromatic carbocycles. The Morgan fingerprint density at radius 1 is 1.00 bits per heavy atom. The van der Waals surface area contributed by atoms with E-state index in [1.807, 2.05) is 31.1 Å². The Morgan fingerprint density at radius 2 is 1.60 bits per heavy atom. The normalized spacial score (nSPS) is 11.5. The fourth-order valence-electron chi connectivity index (χ4n) is 2.59. The summed E-state index contributed by atoms with van der Waals surface area (Å²) in [6.07, 6.45) is 0. The van der Waals surface area contributed by atoms with Crippen LogP contribution in [0, 0.1) is 11.7 Å². The molecule has 160 valence electrons. The summed E-state index contributed by atoms with van der Waals surface area (Å²) in [4.78, 5) is 38.7. The van der Waals surface area contributed by atoms with Gasteiger partial charge in [-0.25, -0.2) is 9.18 Å². The summed E-state index contributed by atoms with van der Waals surface area (Å²) in [6.45, 7) is 3.00. The van der Waals surface area contributed by atoms with Crippen LogP contribution in [0.2, 0.25) is 0 Å². The number of nitrogens with zero attached hydrogens (tertiary/aromatic N) is 1. The highest BCUT2D eigenvalue weighted by Gasteiger charge is 2.26. The Labute approximate surface area is 175 Å². The van der Waals surface area contributed by atoms with Crippen LogP contribution in [0.5, 0.6) is 0 Å². The molecule has 2 aromatic rings. The van der Waals surface area contributed by atoms with Crippen molar-refractivity contribution in [1.29, 1.82) is 0 Å². The molecule has 0 spiro atoms. The van der Waals surface area contributed by atoms with Gasteiger partial charge in [-0.1, -0.05) is 13.8 Å². The minimum Gasteiger partial charge on any atom is -0.454 e. The first-order valence-electron chi connectivity index (χ1n) is 9.47. The predicted molar refractivity (Wildman–Crippen MR) is 113 cm³/mol. The first-order chi connectivity index (χ1) is 14.2. The van der Waals surface area contributed by atoms with E-state index in [-0.39, 0.29) is 11.5 Å². The van der Waals surface area contributed by atoms with E-state index in [9.17, 15) is 18.8 Å². The molecule has 2 N–H and O–H groups in total. The summed E-state index contributed by atoms with van der Waals surface area (Å²) < 4.78 is 18.1. The maximum absolute atomic E-state index is 13.0. The largest absolute Gasteiger partial charge is 0.454 e. The number of benzene rings is 2. The van der Waals surface area contributed by atoms with Crippen molar-refractivity contribution in [2.45, 2.75) is 19.9 Å². The van der Waals surface area contributed by atoms with Crippen LogP contribution in [0.3, 0.4) is 0 Å². The molecule has 0 aliphatic rings. The minimum atomic E-state index is -0.949. The average Bonchev–Trinajstić information content (AvgIpc) is 2.70. The van der Waals surface area contributed by atoms with Gasteiger partial charge in [-0.2, -0.15) is 0 Å². The molecular weight excluding hydrogens is 389 g/mol. The van der Waals surface area contributed by atoms with Crippen LogP contribution in [0.4, 0.5) is 15.8 Å². The molecule has 0 heterocycles. The third kappa shape index (κ3) is 6.58. The maximum atomic E-state index is 13.0. The van der Waals surface area contributed by atoms with E-state index >= 15 is 0 Å². The zero-order valence-electron chi connectivity index (χ0n) is 17.4. The van der Waals surface area contributed by atoms with Gasteiger partial charge in [0.15, 0.2) is 6.61 Å². The second-order valence-corrected chi connectivity index (χ2v) is 7.30. The molecule has 0 bridgehead atoms. The lowest BCUT2D eigenvalue weighted by Crippen LogP contribution is -2.45. The molecule has 0 fully saturated rings. The molecule has 8 heteroatoms. The summed E-state index contributed by atoms with van der Waals surface area (Å²) in [5, 5.41) is 5.22. The number of hydrogen-bond donors (Lipinski definition) is 2. The second kappa shape index (κ2) is 10.4. The van der Waals surface area contributed by atoms with Crippen LogP contribution in [-0.2, 0) is 14.3 Å². The summed E-state index contributed by atoms with van der Waals surface area (Å²) >= 11 is 0. The number of halogens is 1. The lowest BCUT2D eigenvalue weighted by atomic mass is 10.0. The number of nitrogens with one attached hydrogen (secondary N) is 2. The van der Waals surface area contributed by atoms with E-state index in [1.54, 1.807) is 26.0 Å². The smallest absolute Gasteiger partial charge is 0.329 e. The van der Waals surface area contributed by atoms with Gasteiger partial charge < -0.3 is 20.3 Å². The molecule has 1 atom stereocenters. The Balaban J connectivity index is 1.90. The number of rotatable bonds is 8. The standard InChI is InChI=1S/C22H26FN3O4/c1-14(2)20(25-21(28)15-5-7-16(23)8-6-15)22(29)30-13-19(27)24-17-9-11-18(12-10-17)26(3)4/h5-12,14,20H,13H2,1-4H3,(H,24,27)(H,25,28). The fourth-order valence-corrected chi connectivity index (χ4v) is 2.59. The Kier molecular flexibility index (Phi) is 7.91. The van der Waals surface area contributed by atoms with Gasteiger partial charge >= 0.3 is 5.97 Å². The predicted octanol–water partition coefficient (Wildman–Crippen LogP) is 2.83. The van der Waals surface area contributed by atoms with Crippen LogP contribution < -0.4 is 15.5 Å². The third-order valence-corrected chi connectivity index (χ3v) is 4.33. The quantitative estimate of drug-likeness (QED) is 0.648. The molecule has 7 nitrogen and oxygen atoms in total. The highest BCUT2D eigenvalue weighted by molar-refractivity contribution is 5.97. The number of esters is 1. The van der Waals surface area contributed by atoms with Gasteiger partial charge in [-0.3, -0.25) is 9.59 Å². The number of anilines is 2. The van der Waals surface area contributed by atoms with Crippen molar-refractivity contribution in [3.8, 4) is 0 Å². The number of hydrogen-bond acceptors (Lipinski definition) is 5. The van der Waals surface area contributed by atoms with Gasteiger partial charge in [0.2, 0.25) is 0 Å². The van der Waals surface area contributed by atoms with Gasteiger partial charge in [-0.15, -0.1) is 0 Å². The van der Waals surface area contributed by atoms with Crippen molar-refractivity contribution < 1.29 is 23.5 Å². The van der Waals surface area contributed by atoms with Crippen molar-refractivity contribution in [2.75, 3.05) is 30.9 Å². The Bertz CT molecular complexity index is 880. The van der Waals surface area contributed by atoms with E-state index in [0.717, 1.165) is 17.8 Å². The number of carbonyl (C=O) groups excluding carboxylic acids is 3. The zero-order valence-corrected chi connectivity index (χ0v) is 17.4. The fraction of sp³-hybridized carbons (Fsp3) is 0.318. The van der Waals surface area contributed by atoms with Gasteiger partial charge in [0.1, 0.15) is 11.9 Å². The van der Waals surface area contributed by atoms with Crippen molar-refractivity contribution in [3.05, 3.63) is 59.9 Å². The van der Waals surface area contributed by atoms with Gasteiger partial charge in [0, 0.05) is 31.0 Å². The Morgan fingerprint density at radius 3 is 2.13 bits per heavy atom. The molecule has 0 saturated heterocycles. The summed E-state index contributed by atoms with van der Waals surface area (Å²) in [6, 6.07) is 11.2. The highest BCUT2D eigenvalue weighted by Crippen LogP contribution is 2.15. The molecule has 0 saturated carbocycles. The highest BCUT2D eigenvalue weighted by atomic mass is 19.1. The lowest BCUT2D eigenvalue weighted by Gasteiger charge is -2.21. The van der Waals surface area contributed by atoms with E-state index < -0.39 is 36.2 Å². The number of carbonyl (C=O) groups is 3. The summed E-state index contributed by atoms with van der Waals surface area (Å²) in [7, 11) is 3.82. The zero-order chi connectivity index (χ0) is 22.3. The van der Waals surface area contributed by atoms with E-state index in [0.29, 0.717) is 5.69 Å². The third-order valence-electron chi connectivity index (χ3n) is 4.33. The van der Waals surface area contributed by atoms with E-state index in [4.69, 9.17) is 4.74 Å². The van der Waals surface area contributed by atoms with Crippen molar-refractivity contribution >= 4 is 29.2 Å². The molecular formula is C22H26FN3O4. The molecule has 2 rings (SSSR count). The van der Waals surface area contributed by atoms with Crippen LogP contribution >= 0.6 is 0 Å². The van der Waals surface area contributed by atoms with Crippen LogP contribution in [0.25, 0.3) is 0 Å². The average molecular weight is 415 g/mol. The number of amides is 2. The van der Waals surface area contributed by atoms with Crippen molar-refractivity contribution in [1.82, 2.24) is 5.32 Å². The van der Waals surface area contributed by atoms with Gasteiger partial charge in [0.25, 0.3) is 11.8 Å². The Hall–Kier alpha value is -3.42. The molecule has 0 radical (unpaired) electrons. The van der Waals surface area contributed by atoms with Crippen molar-refractivity contribution in [2.24, 2.45) is 5.92 Å². The van der Waals surface area contributed by atoms with Crippen molar-refractivity contribution in [3.63, 3.8) is 0 Å². The van der Waals surface area contributed by atoms with Crippen LogP contribution in [-0.4, -0.2) is 44.5 Å². The van der Waals surface area contributed by atoms with E-state index in [1.165, 1.54) is 12.1 Å². The topological polar surface area (TPSA) is 87.7 Å². The number of ether oxygens (including phenoxy) is 1. The molecule has 30 heavy (non-hydrogen) atoms. The molecule has 0 aliphatic heterocycles. The SMILES string of the molecule is CC(C)C(NC(=O)c1ccc(F)cc1)C(=O)OCC(=O)Nc1ccc(N(C)C)cc1. The molecule has 1 unspecified atom stereocenters. The van der Waals surface area contributed by atoms with Gasteiger partial charge in [0.05, 0.1) is 0 Å². The first kappa shape index (κ1) is 22.9. The molecule has 0 aromatic heterocycles.